The Morgan fingerprint density at radius 2 is 1.71 bits per heavy atom. The van der Waals surface area contributed by atoms with Crippen LogP contribution >= 0.6 is 0 Å². The third-order valence-corrected chi connectivity index (χ3v) is 6.20. The van der Waals surface area contributed by atoms with Crippen molar-refractivity contribution in [3.63, 3.8) is 0 Å². The van der Waals surface area contributed by atoms with Gasteiger partial charge in [0.25, 0.3) is 0 Å². The number of ether oxygens (including phenoxy) is 1. The molecule has 0 radical (unpaired) electrons. The topological polar surface area (TPSA) is 44.1 Å². The van der Waals surface area contributed by atoms with E-state index in [1.54, 1.807) is 10.8 Å². The van der Waals surface area contributed by atoms with Crippen LogP contribution < -0.4 is 10.4 Å². The molecule has 0 spiro atoms. The van der Waals surface area contributed by atoms with E-state index in [0.29, 0.717) is 17.4 Å². The average Bonchev–Trinajstić information content (AvgIpc) is 2.83. The lowest BCUT2D eigenvalue weighted by molar-refractivity contribution is 0.371. The van der Waals surface area contributed by atoms with Gasteiger partial charge < -0.3 is 4.74 Å². The average molecular weight is 463 g/mol. The summed E-state index contributed by atoms with van der Waals surface area (Å²) >= 11 is 0. The van der Waals surface area contributed by atoms with Gasteiger partial charge in [0, 0.05) is 17.1 Å². The lowest BCUT2D eigenvalue weighted by atomic mass is 9.99. The van der Waals surface area contributed by atoms with Gasteiger partial charge in [0.1, 0.15) is 12.4 Å². The van der Waals surface area contributed by atoms with Crippen molar-refractivity contribution < 1.29 is 4.74 Å². The quantitative estimate of drug-likeness (QED) is 0.298. The van der Waals surface area contributed by atoms with Gasteiger partial charge in [-0.3, -0.25) is 4.57 Å². The second-order valence-corrected chi connectivity index (χ2v) is 9.19. The first-order chi connectivity index (χ1) is 16.8. The van der Waals surface area contributed by atoms with E-state index in [1.165, 1.54) is 11.1 Å². The largest absolute Gasteiger partial charge is 0.481 e. The van der Waals surface area contributed by atoms with Crippen LogP contribution in [0.3, 0.4) is 0 Å². The molecule has 1 aromatic heterocycles. The number of hydrogen-bond donors (Lipinski definition) is 0. The van der Waals surface area contributed by atoms with Crippen molar-refractivity contribution in [3.05, 3.63) is 92.9 Å². The fourth-order valence-electron chi connectivity index (χ4n) is 4.44. The molecule has 0 aliphatic rings. The molecule has 4 nitrogen and oxygen atoms in total. The maximum absolute atomic E-state index is 13.2. The smallest absolute Gasteiger partial charge is 0.352 e. The highest BCUT2D eigenvalue weighted by Crippen LogP contribution is 2.30. The monoisotopic (exact) mass is 462 g/mol. The lowest BCUT2D eigenvalue weighted by Crippen LogP contribution is -2.20. The molecule has 0 fully saturated rings. The Hall–Kier alpha value is -4.10. The van der Waals surface area contributed by atoms with Crippen molar-refractivity contribution in [2.75, 3.05) is 6.61 Å². The van der Waals surface area contributed by atoms with Gasteiger partial charge in [0.15, 0.2) is 0 Å². The van der Waals surface area contributed by atoms with E-state index < -0.39 is 0 Å². The normalized spacial score (nSPS) is 11.3. The minimum absolute atomic E-state index is 0.170. The summed E-state index contributed by atoms with van der Waals surface area (Å²) in [7, 11) is 0. The van der Waals surface area contributed by atoms with E-state index >= 15 is 0 Å². The maximum atomic E-state index is 13.2. The first-order valence-electron chi connectivity index (χ1n) is 11.8. The molecule has 0 N–H and O–H groups in total. The molecule has 4 heteroatoms. The van der Waals surface area contributed by atoms with Gasteiger partial charge in [-0.2, -0.15) is 4.98 Å². The minimum Gasteiger partial charge on any atom is -0.481 e. The Labute approximate surface area is 206 Å². The standard InChI is InChI=1S/C31H30N2O2/c1-7-16-35-26-12-13-29-28(19-26)30(25-10-8-24(9-11-25)20(2)3)32-31(34)33(29)15-14-27-22(5)17-21(4)18-23(27)6/h1,8-15,17-20H,16H2,2-6H3/b15-14+. The SMILES string of the molecule is C#CCOc1ccc2c(c1)c(-c1ccc(C(C)C)cc1)nc(=O)n2/C=C/c1c(C)cc(C)cc1C. The summed E-state index contributed by atoms with van der Waals surface area (Å²) in [4.78, 5) is 17.7. The number of nitrogens with zero attached hydrogens (tertiary/aromatic N) is 2. The molecule has 35 heavy (non-hydrogen) atoms. The Bertz CT molecular complexity index is 1490. The maximum Gasteiger partial charge on any atom is 0.352 e. The fourth-order valence-corrected chi connectivity index (χ4v) is 4.44. The number of terminal acetylenes is 1. The molecule has 0 bridgehead atoms. The van der Waals surface area contributed by atoms with Crippen molar-refractivity contribution in [2.24, 2.45) is 0 Å². The third-order valence-electron chi connectivity index (χ3n) is 6.20. The van der Waals surface area contributed by atoms with E-state index in [1.807, 2.05) is 36.4 Å². The van der Waals surface area contributed by atoms with Crippen molar-refractivity contribution in [1.29, 1.82) is 0 Å². The summed E-state index contributed by atoms with van der Waals surface area (Å²) in [5, 5.41) is 0.818. The van der Waals surface area contributed by atoms with E-state index in [9.17, 15) is 4.79 Å². The number of rotatable bonds is 6. The predicted octanol–water partition coefficient (Wildman–Crippen LogP) is 6.75. The second-order valence-electron chi connectivity index (χ2n) is 9.19. The zero-order chi connectivity index (χ0) is 25.1. The van der Waals surface area contributed by atoms with Crippen LogP contribution in [0.2, 0.25) is 0 Å². The number of hydrogen-bond acceptors (Lipinski definition) is 3. The van der Waals surface area contributed by atoms with Crippen LogP contribution in [0.5, 0.6) is 5.75 Å². The molecule has 3 aromatic carbocycles. The predicted molar refractivity (Wildman–Crippen MR) is 146 cm³/mol. The molecule has 0 saturated heterocycles. The van der Waals surface area contributed by atoms with E-state index in [2.05, 4.69) is 69.8 Å². The van der Waals surface area contributed by atoms with E-state index in [0.717, 1.165) is 33.2 Å². The number of aryl methyl sites for hydroxylation is 3. The highest BCUT2D eigenvalue weighted by molar-refractivity contribution is 5.94. The Morgan fingerprint density at radius 3 is 2.34 bits per heavy atom. The van der Waals surface area contributed by atoms with Crippen molar-refractivity contribution in [1.82, 2.24) is 9.55 Å². The highest BCUT2D eigenvalue weighted by Gasteiger charge is 2.13. The molecule has 4 rings (SSSR count). The molecule has 0 atom stereocenters. The van der Waals surface area contributed by atoms with Gasteiger partial charge >= 0.3 is 5.69 Å². The van der Waals surface area contributed by atoms with Crippen LogP contribution in [0, 0.1) is 33.1 Å². The van der Waals surface area contributed by atoms with Gasteiger partial charge in [0.2, 0.25) is 0 Å². The molecule has 0 saturated carbocycles. The van der Waals surface area contributed by atoms with E-state index in [4.69, 9.17) is 11.2 Å². The van der Waals surface area contributed by atoms with Crippen molar-refractivity contribution in [2.45, 2.75) is 40.5 Å². The Balaban J connectivity index is 1.90. The zero-order valence-electron chi connectivity index (χ0n) is 20.9. The molecule has 4 aromatic rings. The number of fused-ring (bicyclic) bond motifs is 1. The Morgan fingerprint density at radius 1 is 1.03 bits per heavy atom. The van der Waals surface area contributed by atoms with Gasteiger partial charge in [-0.05, 0) is 73.2 Å². The highest BCUT2D eigenvalue weighted by atomic mass is 16.5. The van der Waals surface area contributed by atoms with Crippen LogP contribution in [0.4, 0.5) is 0 Å². The van der Waals surface area contributed by atoms with Gasteiger partial charge in [-0.25, -0.2) is 4.79 Å². The number of aromatic nitrogens is 2. The summed E-state index contributed by atoms with van der Waals surface area (Å²) in [6, 6.07) is 18.1. The van der Waals surface area contributed by atoms with E-state index in [-0.39, 0.29) is 12.3 Å². The summed E-state index contributed by atoms with van der Waals surface area (Å²) in [6.07, 6.45) is 9.16. The third kappa shape index (κ3) is 5.05. The van der Waals surface area contributed by atoms with Gasteiger partial charge in [0.05, 0.1) is 11.2 Å². The Kier molecular flexibility index (Phi) is 6.89. The molecule has 1 heterocycles. The molecule has 0 unspecified atom stereocenters. The van der Waals surface area contributed by atoms with Crippen LogP contribution in [-0.2, 0) is 0 Å². The first-order valence-corrected chi connectivity index (χ1v) is 11.8. The van der Waals surface area contributed by atoms with Gasteiger partial charge in [-0.15, -0.1) is 6.42 Å². The molecule has 0 aliphatic heterocycles. The van der Waals surface area contributed by atoms with Crippen LogP contribution in [0.1, 0.15) is 47.6 Å². The summed E-state index contributed by atoms with van der Waals surface area (Å²) in [5.74, 6) is 3.55. The summed E-state index contributed by atoms with van der Waals surface area (Å²) in [5.41, 5.74) is 7.79. The van der Waals surface area contributed by atoms with Crippen LogP contribution in [-0.4, -0.2) is 16.2 Å². The second kappa shape index (κ2) is 10.0. The first kappa shape index (κ1) is 24.0. The minimum atomic E-state index is -0.337. The molecule has 0 amide bonds. The number of benzene rings is 3. The summed E-state index contributed by atoms with van der Waals surface area (Å²) < 4.78 is 7.27. The molecular weight excluding hydrogens is 432 g/mol. The van der Waals surface area contributed by atoms with Gasteiger partial charge in [-0.1, -0.05) is 61.7 Å². The molecular formula is C31H30N2O2. The van der Waals surface area contributed by atoms with Crippen molar-refractivity contribution in [3.8, 4) is 29.4 Å². The fraction of sp³-hybridized carbons (Fsp3) is 0.226. The van der Waals surface area contributed by atoms with Crippen molar-refractivity contribution >= 4 is 23.2 Å². The van der Waals surface area contributed by atoms with Crippen LogP contribution in [0.25, 0.3) is 34.4 Å². The lowest BCUT2D eigenvalue weighted by Gasteiger charge is -2.13. The zero-order valence-corrected chi connectivity index (χ0v) is 20.9. The van der Waals surface area contributed by atoms with Crippen LogP contribution in [0.15, 0.2) is 59.4 Å². The molecule has 176 valence electrons. The molecule has 0 aliphatic carbocycles. The summed E-state index contributed by atoms with van der Waals surface area (Å²) in [6.45, 7) is 10.7.